The minimum atomic E-state index is -0.150. The topological polar surface area (TPSA) is 74.8 Å². The molecule has 0 radical (unpaired) electrons. The van der Waals surface area contributed by atoms with Crippen LogP contribution in [-0.2, 0) is 6.42 Å². The van der Waals surface area contributed by atoms with Crippen LogP contribution in [0.15, 0.2) is 48.8 Å². The van der Waals surface area contributed by atoms with Crippen LogP contribution in [0.1, 0.15) is 41.8 Å². The summed E-state index contributed by atoms with van der Waals surface area (Å²) in [6, 6.07) is 11.8. The molecule has 1 N–H and O–H groups in total. The second kappa shape index (κ2) is 7.25. The molecule has 2 aromatic heterocycles. The van der Waals surface area contributed by atoms with Gasteiger partial charge in [0, 0.05) is 31.4 Å². The number of nitrogens with one attached hydrogen (secondary N) is 1. The van der Waals surface area contributed by atoms with Gasteiger partial charge in [0.1, 0.15) is 5.82 Å². The maximum Gasteiger partial charge on any atom is 0.257 e. The van der Waals surface area contributed by atoms with E-state index in [-0.39, 0.29) is 11.9 Å². The lowest BCUT2D eigenvalue weighted by Gasteiger charge is -2.23. The highest BCUT2D eigenvalue weighted by atomic mass is 16.2. The van der Waals surface area contributed by atoms with Gasteiger partial charge < -0.3 is 4.90 Å². The second-order valence-electron chi connectivity index (χ2n) is 5.91. The first-order chi connectivity index (χ1) is 12.1. The van der Waals surface area contributed by atoms with Gasteiger partial charge in [-0.05, 0) is 13.0 Å². The van der Waals surface area contributed by atoms with Crippen LogP contribution in [0, 0.1) is 0 Å². The van der Waals surface area contributed by atoms with Crippen molar-refractivity contribution >= 4 is 5.91 Å². The number of hydrogen-bond donors (Lipinski definition) is 1. The molecule has 0 aliphatic rings. The lowest BCUT2D eigenvalue weighted by atomic mass is 10.1. The number of carbonyl (C=O) groups is 1. The Labute approximate surface area is 146 Å². The minimum Gasteiger partial charge on any atom is -0.333 e. The SMILES string of the molecule is CCc1ncc(C(=O)N(C)[C@H](C)c2cc(-c3ccccc3)n[nH]2)cn1. The molecule has 3 aromatic rings. The van der Waals surface area contributed by atoms with E-state index in [9.17, 15) is 4.79 Å². The van der Waals surface area contributed by atoms with Crippen molar-refractivity contribution in [2.75, 3.05) is 7.05 Å². The number of benzene rings is 1. The standard InChI is InChI=1S/C19H21N5O/c1-4-18-20-11-15(12-21-18)19(25)24(3)13(2)16-10-17(23-22-16)14-8-6-5-7-9-14/h5-13H,4H2,1-3H3,(H,22,23)/t13-/m1/s1. The molecular weight excluding hydrogens is 314 g/mol. The molecule has 0 bridgehead atoms. The zero-order valence-corrected chi connectivity index (χ0v) is 14.6. The Morgan fingerprint density at radius 3 is 2.52 bits per heavy atom. The molecule has 6 nitrogen and oxygen atoms in total. The molecule has 1 atom stereocenters. The fourth-order valence-corrected chi connectivity index (χ4v) is 2.54. The summed E-state index contributed by atoms with van der Waals surface area (Å²) in [6.45, 7) is 3.94. The third-order valence-corrected chi connectivity index (χ3v) is 4.29. The summed E-state index contributed by atoms with van der Waals surface area (Å²) in [4.78, 5) is 22.7. The molecule has 3 rings (SSSR count). The van der Waals surface area contributed by atoms with E-state index in [0.29, 0.717) is 5.56 Å². The molecule has 25 heavy (non-hydrogen) atoms. The van der Waals surface area contributed by atoms with E-state index < -0.39 is 0 Å². The largest absolute Gasteiger partial charge is 0.333 e. The molecule has 0 spiro atoms. The molecule has 0 fully saturated rings. The van der Waals surface area contributed by atoms with E-state index >= 15 is 0 Å². The lowest BCUT2D eigenvalue weighted by molar-refractivity contribution is 0.0739. The molecule has 128 valence electrons. The summed E-state index contributed by atoms with van der Waals surface area (Å²) >= 11 is 0. The summed E-state index contributed by atoms with van der Waals surface area (Å²) < 4.78 is 0. The Morgan fingerprint density at radius 1 is 1.20 bits per heavy atom. The van der Waals surface area contributed by atoms with Crippen LogP contribution >= 0.6 is 0 Å². The third-order valence-electron chi connectivity index (χ3n) is 4.29. The Balaban J connectivity index is 1.76. The Kier molecular flexibility index (Phi) is 4.88. The fourth-order valence-electron chi connectivity index (χ4n) is 2.54. The Hall–Kier alpha value is -3.02. The van der Waals surface area contributed by atoms with Crippen molar-refractivity contribution in [1.29, 1.82) is 0 Å². The summed E-state index contributed by atoms with van der Waals surface area (Å²) in [7, 11) is 1.77. The van der Waals surface area contributed by atoms with Gasteiger partial charge in [0.05, 0.1) is 23.0 Å². The Bertz CT molecular complexity index is 842. The average molecular weight is 335 g/mol. The fraction of sp³-hybridized carbons (Fsp3) is 0.263. The highest BCUT2D eigenvalue weighted by Crippen LogP contribution is 2.23. The van der Waals surface area contributed by atoms with Gasteiger partial charge >= 0.3 is 0 Å². The van der Waals surface area contributed by atoms with Crippen molar-refractivity contribution in [3.8, 4) is 11.3 Å². The zero-order valence-electron chi connectivity index (χ0n) is 14.6. The predicted molar refractivity (Wildman–Crippen MR) is 95.9 cm³/mol. The number of aromatic amines is 1. The molecule has 1 aromatic carbocycles. The van der Waals surface area contributed by atoms with Crippen LogP contribution in [0.2, 0.25) is 0 Å². The van der Waals surface area contributed by atoms with Crippen molar-refractivity contribution in [2.45, 2.75) is 26.3 Å². The van der Waals surface area contributed by atoms with Gasteiger partial charge in [-0.1, -0.05) is 37.3 Å². The monoisotopic (exact) mass is 335 g/mol. The van der Waals surface area contributed by atoms with E-state index in [0.717, 1.165) is 29.2 Å². The number of carbonyl (C=O) groups excluding carboxylic acids is 1. The van der Waals surface area contributed by atoms with Crippen LogP contribution in [0.5, 0.6) is 0 Å². The number of nitrogens with zero attached hydrogens (tertiary/aromatic N) is 4. The van der Waals surface area contributed by atoms with Crippen molar-refractivity contribution in [3.05, 3.63) is 65.9 Å². The molecule has 6 heteroatoms. The van der Waals surface area contributed by atoms with Crippen molar-refractivity contribution in [3.63, 3.8) is 0 Å². The number of rotatable bonds is 5. The van der Waals surface area contributed by atoms with Crippen molar-refractivity contribution < 1.29 is 4.79 Å². The van der Waals surface area contributed by atoms with Gasteiger partial charge in [-0.15, -0.1) is 0 Å². The van der Waals surface area contributed by atoms with Gasteiger partial charge in [0.15, 0.2) is 0 Å². The first-order valence-electron chi connectivity index (χ1n) is 8.29. The number of H-pyrrole nitrogens is 1. The molecule has 0 unspecified atom stereocenters. The molecule has 0 saturated carbocycles. The molecular formula is C19H21N5O. The predicted octanol–water partition coefficient (Wildman–Crippen LogP) is 3.26. The van der Waals surface area contributed by atoms with Gasteiger partial charge in [-0.2, -0.15) is 5.10 Å². The van der Waals surface area contributed by atoms with Crippen LogP contribution in [0.4, 0.5) is 0 Å². The highest BCUT2D eigenvalue weighted by Gasteiger charge is 2.21. The Morgan fingerprint density at radius 2 is 1.88 bits per heavy atom. The molecule has 0 saturated heterocycles. The second-order valence-corrected chi connectivity index (χ2v) is 5.91. The quantitative estimate of drug-likeness (QED) is 0.776. The normalized spacial score (nSPS) is 12.0. The van der Waals surface area contributed by atoms with E-state index in [2.05, 4.69) is 20.2 Å². The number of aromatic nitrogens is 4. The molecule has 1 amide bonds. The third kappa shape index (κ3) is 3.57. The van der Waals surface area contributed by atoms with Gasteiger partial charge in [0.25, 0.3) is 5.91 Å². The van der Waals surface area contributed by atoms with Crippen LogP contribution < -0.4 is 0 Å². The van der Waals surface area contributed by atoms with Crippen LogP contribution in [-0.4, -0.2) is 38.0 Å². The zero-order chi connectivity index (χ0) is 17.8. The number of aryl methyl sites for hydroxylation is 1. The van der Waals surface area contributed by atoms with Crippen LogP contribution in [0.25, 0.3) is 11.3 Å². The first-order valence-corrected chi connectivity index (χ1v) is 8.29. The maximum atomic E-state index is 12.6. The summed E-state index contributed by atoms with van der Waals surface area (Å²) in [5, 5.41) is 7.39. The molecule has 0 aliphatic heterocycles. The summed E-state index contributed by atoms with van der Waals surface area (Å²) in [5.74, 6) is 0.610. The average Bonchev–Trinajstić information content (AvgIpc) is 3.17. The van der Waals surface area contributed by atoms with E-state index in [1.54, 1.807) is 24.3 Å². The lowest BCUT2D eigenvalue weighted by Crippen LogP contribution is -2.30. The molecule has 2 heterocycles. The van der Waals surface area contributed by atoms with Crippen molar-refractivity contribution in [2.24, 2.45) is 0 Å². The summed E-state index contributed by atoms with van der Waals surface area (Å²) in [5.41, 5.74) is 3.25. The van der Waals surface area contributed by atoms with E-state index in [1.807, 2.05) is 50.2 Å². The number of hydrogen-bond acceptors (Lipinski definition) is 4. The maximum absolute atomic E-state index is 12.6. The van der Waals surface area contributed by atoms with E-state index in [1.165, 1.54) is 0 Å². The minimum absolute atomic E-state index is 0.119. The van der Waals surface area contributed by atoms with Crippen molar-refractivity contribution in [1.82, 2.24) is 25.1 Å². The molecule has 0 aliphatic carbocycles. The number of amides is 1. The van der Waals surface area contributed by atoms with Gasteiger partial charge in [0.2, 0.25) is 0 Å². The van der Waals surface area contributed by atoms with Gasteiger partial charge in [-0.25, -0.2) is 9.97 Å². The van der Waals surface area contributed by atoms with Crippen LogP contribution in [0.3, 0.4) is 0 Å². The first kappa shape index (κ1) is 16.8. The summed E-state index contributed by atoms with van der Waals surface area (Å²) in [6.07, 6.45) is 3.91. The smallest absolute Gasteiger partial charge is 0.257 e. The highest BCUT2D eigenvalue weighted by molar-refractivity contribution is 5.93. The van der Waals surface area contributed by atoms with Gasteiger partial charge in [-0.3, -0.25) is 9.89 Å². The van der Waals surface area contributed by atoms with E-state index in [4.69, 9.17) is 0 Å².